The number of anilines is 2. The van der Waals surface area contributed by atoms with E-state index in [2.05, 4.69) is 53.1 Å². The highest BCUT2D eigenvalue weighted by Gasteiger charge is 2.11. The van der Waals surface area contributed by atoms with Gasteiger partial charge in [-0.25, -0.2) is 0 Å². The molecule has 0 radical (unpaired) electrons. The van der Waals surface area contributed by atoms with Crippen molar-refractivity contribution in [2.24, 2.45) is 5.73 Å². The van der Waals surface area contributed by atoms with Crippen molar-refractivity contribution >= 4 is 76.4 Å². The Hall–Kier alpha value is -0.630. The zero-order chi connectivity index (χ0) is 15.6. The monoisotopic (exact) mass is 492 g/mol. The van der Waals surface area contributed by atoms with Gasteiger partial charge < -0.3 is 15.8 Å². The van der Waals surface area contributed by atoms with Crippen molar-refractivity contribution in [2.45, 2.75) is 0 Å². The third-order valence-electron chi connectivity index (χ3n) is 2.76. The van der Waals surface area contributed by atoms with Crippen molar-refractivity contribution in [3.8, 4) is 5.75 Å². The molecule has 0 saturated carbocycles. The molecular formula is C14H11Br3N2OS. The molecule has 2 aromatic carbocycles. The summed E-state index contributed by atoms with van der Waals surface area (Å²) in [6.45, 7) is 0. The summed E-state index contributed by atoms with van der Waals surface area (Å²) in [5.74, 6) is 0.731. The molecule has 0 saturated heterocycles. The van der Waals surface area contributed by atoms with Crippen molar-refractivity contribution in [3.63, 3.8) is 0 Å². The molecule has 2 rings (SSSR count). The topological polar surface area (TPSA) is 47.3 Å². The van der Waals surface area contributed by atoms with Gasteiger partial charge in [0, 0.05) is 26.3 Å². The van der Waals surface area contributed by atoms with E-state index in [1.165, 1.54) is 0 Å². The molecule has 0 aliphatic carbocycles. The number of thiocarbonyl (C=S) groups is 1. The van der Waals surface area contributed by atoms with Gasteiger partial charge in [0.25, 0.3) is 0 Å². The molecule has 2 aromatic rings. The van der Waals surface area contributed by atoms with E-state index < -0.39 is 0 Å². The Morgan fingerprint density at radius 2 is 1.81 bits per heavy atom. The van der Waals surface area contributed by atoms with Gasteiger partial charge in [0.05, 0.1) is 17.3 Å². The van der Waals surface area contributed by atoms with E-state index in [4.69, 9.17) is 22.7 Å². The molecule has 0 bridgehead atoms. The number of nitrogens with one attached hydrogen (secondary N) is 1. The highest BCUT2D eigenvalue weighted by molar-refractivity contribution is 9.11. The van der Waals surface area contributed by atoms with Crippen molar-refractivity contribution in [2.75, 3.05) is 12.4 Å². The summed E-state index contributed by atoms with van der Waals surface area (Å²) in [4.78, 5) is 0.332. The molecule has 110 valence electrons. The molecule has 0 aliphatic heterocycles. The van der Waals surface area contributed by atoms with Crippen molar-refractivity contribution in [1.29, 1.82) is 0 Å². The van der Waals surface area contributed by atoms with Gasteiger partial charge in [-0.3, -0.25) is 0 Å². The first-order valence-electron chi connectivity index (χ1n) is 5.81. The SMILES string of the molecule is COc1cc(Nc2ccc(Br)cc2C(N)=S)c(Br)cc1Br. The van der Waals surface area contributed by atoms with E-state index >= 15 is 0 Å². The zero-order valence-corrected chi connectivity index (χ0v) is 16.5. The Bertz CT molecular complexity index is 707. The molecule has 0 aliphatic rings. The first-order chi connectivity index (χ1) is 9.92. The van der Waals surface area contributed by atoms with Crippen LogP contribution in [0.1, 0.15) is 5.56 Å². The van der Waals surface area contributed by atoms with Gasteiger partial charge in [0.1, 0.15) is 10.7 Å². The fraction of sp³-hybridized carbons (Fsp3) is 0.0714. The number of rotatable bonds is 4. The summed E-state index contributed by atoms with van der Waals surface area (Å²) in [7, 11) is 1.62. The molecule has 7 heteroatoms. The summed E-state index contributed by atoms with van der Waals surface area (Å²) >= 11 is 15.5. The van der Waals surface area contributed by atoms with Crippen LogP contribution in [0.2, 0.25) is 0 Å². The lowest BCUT2D eigenvalue weighted by atomic mass is 10.1. The molecule has 0 spiro atoms. The number of methoxy groups -OCH3 is 1. The second-order valence-electron chi connectivity index (χ2n) is 4.15. The lowest BCUT2D eigenvalue weighted by Crippen LogP contribution is -2.12. The first-order valence-corrected chi connectivity index (χ1v) is 8.60. The Morgan fingerprint density at radius 3 is 2.43 bits per heavy atom. The molecule has 0 amide bonds. The minimum atomic E-state index is 0.332. The largest absolute Gasteiger partial charge is 0.495 e. The van der Waals surface area contributed by atoms with Crippen LogP contribution in [-0.4, -0.2) is 12.1 Å². The average Bonchev–Trinajstić information content (AvgIpc) is 2.43. The molecule has 3 N–H and O–H groups in total. The summed E-state index contributed by atoms with van der Waals surface area (Å²) in [5, 5.41) is 3.32. The smallest absolute Gasteiger partial charge is 0.135 e. The maximum absolute atomic E-state index is 5.78. The highest BCUT2D eigenvalue weighted by Crippen LogP contribution is 2.36. The van der Waals surface area contributed by atoms with Crippen molar-refractivity contribution in [3.05, 3.63) is 49.3 Å². The van der Waals surface area contributed by atoms with E-state index in [1.54, 1.807) is 7.11 Å². The maximum atomic E-state index is 5.78. The first kappa shape index (κ1) is 16.7. The van der Waals surface area contributed by atoms with Gasteiger partial charge in [-0.1, -0.05) is 28.1 Å². The van der Waals surface area contributed by atoms with E-state index in [9.17, 15) is 0 Å². The molecule has 0 atom stereocenters. The van der Waals surface area contributed by atoms with E-state index in [-0.39, 0.29) is 0 Å². The zero-order valence-electron chi connectivity index (χ0n) is 10.9. The minimum Gasteiger partial charge on any atom is -0.495 e. The Labute approximate surface area is 153 Å². The molecule has 21 heavy (non-hydrogen) atoms. The summed E-state index contributed by atoms with van der Waals surface area (Å²) in [5.41, 5.74) is 8.24. The summed E-state index contributed by atoms with van der Waals surface area (Å²) in [6, 6.07) is 9.53. The number of hydrogen-bond acceptors (Lipinski definition) is 3. The van der Waals surface area contributed by atoms with Gasteiger partial charge in [-0.2, -0.15) is 0 Å². The van der Waals surface area contributed by atoms with Gasteiger partial charge in [0.15, 0.2) is 0 Å². The molecule has 0 unspecified atom stereocenters. The lowest BCUT2D eigenvalue weighted by molar-refractivity contribution is 0.412. The van der Waals surface area contributed by atoms with Crippen LogP contribution in [0, 0.1) is 0 Å². The fourth-order valence-electron chi connectivity index (χ4n) is 1.76. The number of ether oxygens (including phenoxy) is 1. The van der Waals surface area contributed by atoms with Crippen LogP contribution in [0.25, 0.3) is 0 Å². The number of nitrogens with two attached hydrogens (primary N) is 1. The van der Waals surface area contributed by atoms with Crippen molar-refractivity contribution < 1.29 is 4.74 Å². The third-order valence-corrected chi connectivity index (χ3v) is 4.75. The lowest BCUT2D eigenvalue weighted by Gasteiger charge is -2.15. The number of halogens is 3. The van der Waals surface area contributed by atoms with E-state index in [0.29, 0.717) is 4.99 Å². The van der Waals surface area contributed by atoms with Crippen LogP contribution in [0.4, 0.5) is 11.4 Å². The van der Waals surface area contributed by atoms with Gasteiger partial charge >= 0.3 is 0 Å². The van der Waals surface area contributed by atoms with Crippen LogP contribution >= 0.6 is 60.0 Å². The van der Waals surface area contributed by atoms with Crippen LogP contribution in [0.15, 0.2) is 43.7 Å². The van der Waals surface area contributed by atoms with E-state index in [0.717, 1.165) is 36.1 Å². The molecule has 0 fully saturated rings. The van der Waals surface area contributed by atoms with Crippen LogP contribution in [-0.2, 0) is 0 Å². The standard InChI is InChI=1S/C14H11Br3N2OS/c1-20-13-6-12(9(16)5-10(13)17)19-11-3-2-7(15)4-8(11)14(18)21/h2-6,19H,1H3,(H2,18,21). The summed E-state index contributed by atoms with van der Waals surface area (Å²) < 4.78 is 7.99. The Morgan fingerprint density at radius 1 is 1.10 bits per heavy atom. The van der Waals surface area contributed by atoms with Crippen LogP contribution in [0.3, 0.4) is 0 Å². The predicted molar refractivity (Wildman–Crippen MR) is 102 cm³/mol. The van der Waals surface area contributed by atoms with Gasteiger partial charge in [-0.15, -0.1) is 0 Å². The second-order valence-corrected chi connectivity index (χ2v) is 7.21. The summed E-state index contributed by atoms with van der Waals surface area (Å²) in [6.07, 6.45) is 0. The average molecular weight is 495 g/mol. The molecule has 3 nitrogen and oxygen atoms in total. The minimum absolute atomic E-state index is 0.332. The molecule has 0 aromatic heterocycles. The normalized spacial score (nSPS) is 10.3. The fourth-order valence-corrected chi connectivity index (χ4v) is 3.54. The molecule has 0 heterocycles. The number of benzene rings is 2. The van der Waals surface area contributed by atoms with Gasteiger partial charge in [-0.05, 0) is 56.1 Å². The third kappa shape index (κ3) is 3.97. The highest BCUT2D eigenvalue weighted by atomic mass is 79.9. The van der Waals surface area contributed by atoms with Gasteiger partial charge in [0.2, 0.25) is 0 Å². The van der Waals surface area contributed by atoms with Crippen molar-refractivity contribution in [1.82, 2.24) is 0 Å². The number of hydrogen-bond donors (Lipinski definition) is 2. The molecular weight excluding hydrogens is 484 g/mol. The van der Waals surface area contributed by atoms with Crippen LogP contribution in [0.5, 0.6) is 5.75 Å². The maximum Gasteiger partial charge on any atom is 0.135 e. The second kappa shape index (κ2) is 7.09. The predicted octanol–water partition coefficient (Wildman–Crippen LogP) is 5.36. The van der Waals surface area contributed by atoms with E-state index in [1.807, 2.05) is 30.3 Å². The Balaban J connectivity index is 2.45. The quantitative estimate of drug-likeness (QED) is 0.562. The van der Waals surface area contributed by atoms with Crippen LogP contribution < -0.4 is 15.8 Å². The Kier molecular flexibility index (Phi) is 5.65.